The Hall–Kier alpha value is -1.77. The summed E-state index contributed by atoms with van der Waals surface area (Å²) in [5, 5.41) is 6.26. The standard InChI is InChI=1S/C20H29F2N5O/c21-15-8-13(9-16(22)10-15)12-27-6-4-17(5-7-27)24-20(28)25-18-3-1-2-14-11-23-26-19(14)18/h8-10,14,17-19,23,26H,1-7,11-12H2,(H2,24,25,28). The van der Waals surface area contributed by atoms with Crippen molar-refractivity contribution in [3.63, 3.8) is 0 Å². The van der Waals surface area contributed by atoms with Gasteiger partial charge in [-0.25, -0.2) is 13.6 Å². The van der Waals surface area contributed by atoms with E-state index in [0.29, 0.717) is 24.1 Å². The van der Waals surface area contributed by atoms with E-state index in [1.54, 1.807) is 0 Å². The third-order valence-electron chi connectivity index (χ3n) is 6.23. The second-order valence-corrected chi connectivity index (χ2v) is 8.29. The van der Waals surface area contributed by atoms with E-state index in [-0.39, 0.29) is 18.1 Å². The number of likely N-dealkylation sites (tertiary alicyclic amines) is 1. The van der Waals surface area contributed by atoms with Gasteiger partial charge in [-0.2, -0.15) is 0 Å². The van der Waals surface area contributed by atoms with E-state index < -0.39 is 11.6 Å². The Kier molecular flexibility index (Phi) is 6.08. The lowest BCUT2D eigenvalue weighted by atomic mass is 9.82. The number of carbonyl (C=O) groups excluding carboxylic acids is 1. The van der Waals surface area contributed by atoms with Crippen molar-refractivity contribution in [1.29, 1.82) is 0 Å². The molecular formula is C20H29F2N5O. The van der Waals surface area contributed by atoms with Crippen LogP contribution in [0.1, 0.15) is 37.7 Å². The minimum Gasteiger partial charge on any atom is -0.335 e. The molecule has 0 spiro atoms. The van der Waals surface area contributed by atoms with Crippen molar-refractivity contribution in [1.82, 2.24) is 26.4 Å². The molecule has 0 radical (unpaired) electrons. The molecule has 4 rings (SSSR count). The van der Waals surface area contributed by atoms with Crippen molar-refractivity contribution in [3.8, 4) is 0 Å². The van der Waals surface area contributed by atoms with Gasteiger partial charge in [0, 0.05) is 50.4 Å². The topological polar surface area (TPSA) is 68.4 Å². The zero-order chi connectivity index (χ0) is 19.5. The molecule has 154 valence electrons. The molecule has 0 aromatic heterocycles. The summed E-state index contributed by atoms with van der Waals surface area (Å²) >= 11 is 0. The third kappa shape index (κ3) is 4.79. The predicted octanol–water partition coefficient (Wildman–Crippen LogP) is 1.87. The van der Waals surface area contributed by atoms with Crippen LogP contribution in [0.3, 0.4) is 0 Å². The number of carbonyl (C=O) groups is 1. The van der Waals surface area contributed by atoms with E-state index in [1.807, 2.05) is 0 Å². The van der Waals surface area contributed by atoms with Gasteiger partial charge in [-0.15, -0.1) is 0 Å². The molecule has 3 unspecified atom stereocenters. The molecule has 1 saturated carbocycles. The lowest BCUT2D eigenvalue weighted by Gasteiger charge is -2.35. The highest BCUT2D eigenvalue weighted by atomic mass is 19.1. The van der Waals surface area contributed by atoms with Crippen molar-refractivity contribution >= 4 is 6.03 Å². The summed E-state index contributed by atoms with van der Waals surface area (Å²) in [6.07, 6.45) is 5.03. The molecule has 1 aromatic rings. The first kappa shape index (κ1) is 19.5. The number of nitrogens with zero attached hydrogens (tertiary/aromatic N) is 1. The molecule has 6 nitrogen and oxygen atoms in total. The second kappa shape index (κ2) is 8.71. The van der Waals surface area contributed by atoms with Crippen LogP contribution in [0.5, 0.6) is 0 Å². The van der Waals surface area contributed by atoms with Crippen LogP contribution < -0.4 is 21.5 Å². The minimum absolute atomic E-state index is 0.0926. The highest BCUT2D eigenvalue weighted by molar-refractivity contribution is 5.74. The quantitative estimate of drug-likeness (QED) is 0.631. The fourth-order valence-corrected chi connectivity index (χ4v) is 4.80. The number of piperidine rings is 1. The van der Waals surface area contributed by atoms with Crippen LogP contribution in [0.4, 0.5) is 13.6 Å². The smallest absolute Gasteiger partial charge is 0.315 e. The van der Waals surface area contributed by atoms with Crippen LogP contribution in [0.2, 0.25) is 0 Å². The van der Waals surface area contributed by atoms with Crippen molar-refractivity contribution in [2.75, 3.05) is 19.6 Å². The number of hydrogen-bond acceptors (Lipinski definition) is 4. The van der Waals surface area contributed by atoms with Crippen LogP contribution in [-0.2, 0) is 6.54 Å². The molecule has 4 N–H and O–H groups in total. The van der Waals surface area contributed by atoms with Gasteiger partial charge in [0.05, 0.1) is 0 Å². The Balaban J connectivity index is 1.21. The maximum atomic E-state index is 13.3. The molecule has 8 heteroatoms. The van der Waals surface area contributed by atoms with E-state index in [0.717, 1.165) is 51.4 Å². The molecule has 28 heavy (non-hydrogen) atoms. The molecule has 2 aliphatic heterocycles. The van der Waals surface area contributed by atoms with Gasteiger partial charge in [0.15, 0.2) is 0 Å². The maximum Gasteiger partial charge on any atom is 0.315 e. The first-order valence-electron chi connectivity index (χ1n) is 10.3. The molecule has 3 atom stereocenters. The number of urea groups is 1. The van der Waals surface area contributed by atoms with Crippen molar-refractivity contribution in [3.05, 3.63) is 35.4 Å². The Bertz CT molecular complexity index is 675. The number of fused-ring (bicyclic) bond motifs is 1. The average molecular weight is 393 g/mol. The van der Waals surface area contributed by atoms with Crippen LogP contribution in [-0.4, -0.2) is 48.7 Å². The van der Waals surface area contributed by atoms with Crippen LogP contribution in [0, 0.1) is 17.6 Å². The normalized spacial score (nSPS) is 28.7. The summed E-state index contributed by atoms with van der Waals surface area (Å²) in [7, 11) is 0. The highest BCUT2D eigenvalue weighted by Gasteiger charge is 2.37. The molecule has 3 fully saturated rings. The van der Waals surface area contributed by atoms with Crippen molar-refractivity contribution in [2.45, 2.75) is 56.8 Å². The summed E-state index contributed by atoms with van der Waals surface area (Å²) in [5.41, 5.74) is 7.15. The first-order valence-corrected chi connectivity index (χ1v) is 10.3. The summed E-state index contributed by atoms with van der Waals surface area (Å²) < 4.78 is 26.7. The molecule has 2 heterocycles. The van der Waals surface area contributed by atoms with Gasteiger partial charge < -0.3 is 10.6 Å². The number of hydrogen-bond donors (Lipinski definition) is 4. The first-order chi connectivity index (χ1) is 13.6. The Morgan fingerprint density at radius 3 is 2.57 bits per heavy atom. The number of nitrogens with one attached hydrogen (secondary N) is 4. The van der Waals surface area contributed by atoms with Crippen molar-refractivity contribution < 1.29 is 13.6 Å². The predicted molar refractivity (Wildman–Crippen MR) is 102 cm³/mol. The van der Waals surface area contributed by atoms with Gasteiger partial charge in [-0.05, 0) is 49.3 Å². The largest absolute Gasteiger partial charge is 0.335 e. The number of rotatable bonds is 4. The SMILES string of the molecule is O=C(NC1CCN(Cc2cc(F)cc(F)c2)CC1)NC1CCCC2CNNC21. The monoisotopic (exact) mass is 393 g/mol. The van der Waals surface area contributed by atoms with E-state index in [2.05, 4.69) is 26.4 Å². The van der Waals surface area contributed by atoms with Crippen LogP contribution >= 0.6 is 0 Å². The number of benzene rings is 1. The minimum atomic E-state index is -0.542. The van der Waals surface area contributed by atoms with E-state index in [9.17, 15) is 13.6 Å². The van der Waals surface area contributed by atoms with E-state index in [1.165, 1.54) is 18.6 Å². The maximum absolute atomic E-state index is 13.3. The zero-order valence-corrected chi connectivity index (χ0v) is 16.0. The summed E-state index contributed by atoms with van der Waals surface area (Å²) in [4.78, 5) is 14.6. The summed E-state index contributed by atoms with van der Waals surface area (Å²) in [5.74, 6) is -0.491. The van der Waals surface area contributed by atoms with Gasteiger partial charge >= 0.3 is 6.03 Å². The lowest BCUT2D eigenvalue weighted by Crippen LogP contribution is -2.56. The molecule has 1 aromatic carbocycles. The van der Waals surface area contributed by atoms with Crippen LogP contribution in [0.15, 0.2) is 18.2 Å². The Morgan fingerprint density at radius 2 is 1.82 bits per heavy atom. The number of hydrazine groups is 1. The Morgan fingerprint density at radius 1 is 1.07 bits per heavy atom. The Labute approximate surface area is 164 Å². The lowest BCUT2D eigenvalue weighted by molar-refractivity contribution is 0.181. The van der Waals surface area contributed by atoms with E-state index in [4.69, 9.17) is 0 Å². The summed E-state index contributed by atoms with van der Waals surface area (Å²) in [6.45, 7) is 3.08. The number of halogens is 2. The average Bonchev–Trinajstić information content (AvgIpc) is 3.12. The molecular weight excluding hydrogens is 364 g/mol. The van der Waals surface area contributed by atoms with Gasteiger partial charge in [0.1, 0.15) is 11.6 Å². The molecule has 3 aliphatic rings. The fourth-order valence-electron chi connectivity index (χ4n) is 4.80. The van der Waals surface area contributed by atoms with Gasteiger partial charge in [-0.1, -0.05) is 6.42 Å². The third-order valence-corrected chi connectivity index (χ3v) is 6.23. The van der Waals surface area contributed by atoms with Gasteiger partial charge in [-0.3, -0.25) is 15.8 Å². The molecule has 2 amide bonds. The molecule has 2 saturated heterocycles. The molecule has 0 bridgehead atoms. The molecule has 1 aliphatic carbocycles. The van der Waals surface area contributed by atoms with Gasteiger partial charge in [0.25, 0.3) is 0 Å². The summed E-state index contributed by atoms with van der Waals surface area (Å²) in [6, 6.07) is 4.17. The van der Waals surface area contributed by atoms with E-state index >= 15 is 0 Å². The highest BCUT2D eigenvalue weighted by Crippen LogP contribution is 2.26. The van der Waals surface area contributed by atoms with Crippen LogP contribution in [0.25, 0.3) is 0 Å². The number of amides is 2. The zero-order valence-electron chi connectivity index (χ0n) is 16.0. The fraction of sp³-hybridized carbons (Fsp3) is 0.650. The van der Waals surface area contributed by atoms with Gasteiger partial charge in [0.2, 0.25) is 0 Å². The second-order valence-electron chi connectivity index (χ2n) is 8.29. The van der Waals surface area contributed by atoms with Crippen molar-refractivity contribution in [2.24, 2.45) is 5.92 Å².